The van der Waals surface area contributed by atoms with Crippen LogP contribution in [0.5, 0.6) is 0 Å². The lowest BCUT2D eigenvalue weighted by atomic mass is 10.1. The Morgan fingerprint density at radius 1 is 1.71 bits per heavy atom. The van der Waals surface area contributed by atoms with Crippen LogP contribution in [-0.2, 0) is 0 Å². The highest BCUT2D eigenvalue weighted by Crippen LogP contribution is 2.12. The number of likely N-dealkylation sites (tertiary alicyclic amines) is 1. The van der Waals surface area contributed by atoms with Crippen molar-refractivity contribution in [2.75, 3.05) is 13.1 Å². The molecule has 1 aliphatic rings. The number of nitrogens with zero attached hydrogens (tertiary/aromatic N) is 3. The van der Waals surface area contributed by atoms with Crippen LogP contribution in [-0.4, -0.2) is 44.7 Å². The molecule has 14 heavy (non-hydrogen) atoms. The molecule has 0 saturated carbocycles. The molecule has 1 saturated heterocycles. The number of carbonyl (C=O) groups excluding carboxylic acids is 1. The number of aliphatic hydroxyl groups excluding tert-OH is 1. The number of hydrogen-bond acceptors (Lipinski definition) is 5. The van der Waals surface area contributed by atoms with E-state index in [2.05, 4.69) is 9.59 Å². The highest BCUT2D eigenvalue weighted by molar-refractivity contribution is 7.03. The van der Waals surface area contributed by atoms with Crippen molar-refractivity contribution in [2.45, 2.75) is 18.9 Å². The third kappa shape index (κ3) is 1.91. The van der Waals surface area contributed by atoms with E-state index in [1.807, 2.05) is 0 Å². The molecule has 6 heteroatoms. The SMILES string of the molecule is O=C(c1csnn1)N1CCCC(O)C1. The molecule has 2 heterocycles. The van der Waals surface area contributed by atoms with Gasteiger partial charge in [-0.3, -0.25) is 4.79 Å². The van der Waals surface area contributed by atoms with Gasteiger partial charge in [0.05, 0.1) is 6.10 Å². The first kappa shape index (κ1) is 9.54. The summed E-state index contributed by atoms with van der Waals surface area (Å²) in [7, 11) is 0. The summed E-state index contributed by atoms with van der Waals surface area (Å²) in [5.41, 5.74) is 0.379. The number of rotatable bonds is 1. The second-order valence-electron chi connectivity index (χ2n) is 3.34. The van der Waals surface area contributed by atoms with Crippen molar-refractivity contribution in [2.24, 2.45) is 0 Å². The van der Waals surface area contributed by atoms with Gasteiger partial charge in [0.2, 0.25) is 0 Å². The summed E-state index contributed by atoms with van der Waals surface area (Å²) in [5.74, 6) is -0.127. The second kappa shape index (κ2) is 4.02. The van der Waals surface area contributed by atoms with Gasteiger partial charge in [-0.1, -0.05) is 4.49 Å². The Kier molecular flexibility index (Phi) is 2.74. The zero-order valence-electron chi connectivity index (χ0n) is 7.59. The number of aliphatic hydroxyl groups is 1. The minimum atomic E-state index is -0.390. The van der Waals surface area contributed by atoms with E-state index in [0.29, 0.717) is 18.8 Å². The van der Waals surface area contributed by atoms with Gasteiger partial charge < -0.3 is 10.0 Å². The van der Waals surface area contributed by atoms with Crippen LogP contribution < -0.4 is 0 Å². The van der Waals surface area contributed by atoms with E-state index >= 15 is 0 Å². The maximum atomic E-state index is 11.7. The zero-order valence-corrected chi connectivity index (χ0v) is 8.40. The molecule has 1 aromatic heterocycles. The monoisotopic (exact) mass is 213 g/mol. The van der Waals surface area contributed by atoms with E-state index in [0.717, 1.165) is 24.4 Å². The molecule has 0 spiro atoms. The van der Waals surface area contributed by atoms with E-state index < -0.39 is 0 Å². The van der Waals surface area contributed by atoms with Crippen molar-refractivity contribution in [3.63, 3.8) is 0 Å². The van der Waals surface area contributed by atoms with Crippen molar-refractivity contribution in [3.8, 4) is 0 Å². The van der Waals surface area contributed by atoms with Crippen LogP contribution in [0.1, 0.15) is 23.3 Å². The Bertz CT molecular complexity index is 314. The minimum absolute atomic E-state index is 0.127. The van der Waals surface area contributed by atoms with E-state index in [9.17, 15) is 9.90 Å². The fraction of sp³-hybridized carbons (Fsp3) is 0.625. The molecule has 2 rings (SSSR count). The summed E-state index contributed by atoms with van der Waals surface area (Å²) in [6.45, 7) is 1.11. The van der Waals surface area contributed by atoms with Crippen molar-refractivity contribution in [1.29, 1.82) is 0 Å². The summed E-state index contributed by atoms with van der Waals surface area (Å²) < 4.78 is 3.64. The van der Waals surface area contributed by atoms with Crippen molar-refractivity contribution >= 4 is 17.4 Å². The van der Waals surface area contributed by atoms with Gasteiger partial charge in [-0.05, 0) is 24.4 Å². The van der Waals surface area contributed by atoms with Gasteiger partial charge in [-0.15, -0.1) is 5.10 Å². The molecule has 1 atom stereocenters. The van der Waals surface area contributed by atoms with E-state index in [1.165, 1.54) is 0 Å². The van der Waals surface area contributed by atoms with Crippen LogP contribution >= 0.6 is 11.5 Å². The van der Waals surface area contributed by atoms with Crippen LogP contribution in [0.2, 0.25) is 0 Å². The summed E-state index contributed by atoms with van der Waals surface area (Å²) in [6, 6.07) is 0. The van der Waals surface area contributed by atoms with Crippen LogP contribution in [0.4, 0.5) is 0 Å². The third-order valence-electron chi connectivity index (χ3n) is 2.26. The average Bonchev–Trinajstić information content (AvgIpc) is 2.69. The van der Waals surface area contributed by atoms with Gasteiger partial charge in [0, 0.05) is 18.5 Å². The molecular weight excluding hydrogens is 202 g/mol. The van der Waals surface area contributed by atoms with Gasteiger partial charge in [0.15, 0.2) is 5.69 Å². The zero-order chi connectivity index (χ0) is 9.97. The molecule has 0 bridgehead atoms. The summed E-state index contributed by atoms with van der Waals surface area (Å²) in [4.78, 5) is 13.4. The maximum Gasteiger partial charge on any atom is 0.275 e. The summed E-state index contributed by atoms with van der Waals surface area (Å²) in [5, 5.41) is 14.7. The number of β-amino-alcohol motifs (C(OH)–C–C–N with tert-alkyl or cyclic N) is 1. The lowest BCUT2D eigenvalue weighted by molar-refractivity contribution is 0.0469. The van der Waals surface area contributed by atoms with Crippen LogP contribution in [0.15, 0.2) is 5.38 Å². The number of piperidine rings is 1. The van der Waals surface area contributed by atoms with Crippen molar-refractivity contribution in [1.82, 2.24) is 14.5 Å². The lowest BCUT2D eigenvalue weighted by Crippen LogP contribution is -2.42. The average molecular weight is 213 g/mol. The lowest BCUT2D eigenvalue weighted by Gasteiger charge is -2.29. The molecule has 0 aliphatic carbocycles. The van der Waals surface area contributed by atoms with E-state index in [4.69, 9.17) is 0 Å². The Hall–Kier alpha value is -1.01. The molecule has 1 fully saturated rings. The molecule has 1 N–H and O–H groups in total. The molecule has 1 aliphatic heterocycles. The Morgan fingerprint density at radius 2 is 2.57 bits per heavy atom. The predicted octanol–water partition coefficient (Wildman–Crippen LogP) is 0.135. The van der Waals surface area contributed by atoms with Crippen molar-refractivity contribution < 1.29 is 9.90 Å². The van der Waals surface area contributed by atoms with Crippen LogP contribution in [0.25, 0.3) is 0 Å². The van der Waals surface area contributed by atoms with Crippen LogP contribution in [0.3, 0.4) is 0 Å². The molecule has 1 amide bonds. The van der Waals surface area contributed by atoms with E-state index in [1.54, 1.807) is 10.3 Å². The highest BCUT2D eigenvalue weighted by atomic mass is 32.1. The number of carbonyl (C=O) groups is 1. The summed E-state index contributed by atoms with van der Waals surface area (Å²) >= 11 is 1.16. The Balaban J connectivity index is 2.04. The standard InChI is InChI=1S/C8H11N3O2S/c12-6-2-1-3-11(4-6)8(13)7-5-14-10-9-7/h5-6,12H,1-4H2. The molecule has 76 valence electrons. The Morgan fingerprint density at radius 3 is 3.21 bits per heavy atom. The van der Waals surface area contributed by atoms with Gasteiger partial charge in [-0.25, -0.2) is 0 Å². The first-order valence-corrected chi connectivity index (χ1v) is 5.35. The molecule has 0 aromatic carbocycles. The number of aromatic nitrogens is 2. The van der Waals surface area contributed by atoms with Gasteiger partial charge in [-0.2, -0.15) is 0 Å². The maximum absolute atomic E-state index is 11.7. The molecular formula is C8H11N3O2S. The number of hydrogen-bond donors (Lipinski definition) is 1. The van der Waals surface area contributed by atoms with Gasteiger partial charge >= 0.3 is 0 Å². The highest BCUT2D eigenvalue weighted by Gasteiger charge is 2.24. The molecule has 5 nitrogen and oxygen atoms in total. The second-order valence-corrected chi connectivity index (χ2v) is 3.95. The minimum Gasteiger partial charge on any atom is -0.391 e. The normalized spacial score (nSPS) is 22.4. The topological polar surface area (TPSA) is 66.3 Å². The predicted molar refractivity (Wildman–Crippen MR) is 51.1 cm³/mol. The first-order valence-electron chi connectivity index (χ1n) is 4.52. The Labute approximate surface area is 85.5 Å². The molecule has 1 aromatic rings. The van der Waals surface area contributed by atoms with Gasteiger partial charge in [0.25, 0.3) is 5.91 Å². The van der Waals surface area contributed by atoms with Gasteiger partial charge in [0.1, 0.15) is 0 Å². The fourth-order valence-corrected chi connectivity index (χ4v) is 1.99. The largest absolute Gasteiger partial charge is 0.391 e. The molecule has 0 radical (unpaired) electrons. The fourth-order valence-electron chi connectivity index (χ4n) is 1.56. The van der Waals surface area contributed by atoms with Crippen LogP contribution in [0, 0.1) is 0 Å². The van der Waals surface area contributed by atoms with Crippen molar-refractivity contribution in [3.05, 3.63) is 11.1 Å². The smallest absolute Gasteiger partial charge is 0.275 e. The number of amides is 1. The summed E-state index contributed by atoms with van der Waals surface area (Å²) in [6.07, 6.45) is 1.24. The van der Waals surface area contributed by atoms with E-state index in [-0.39, 0.29) is 12.0 Å². The first-order chi connectivity index (χ1) is 6.77. The quantitative estimate of drug-likeness (QED) is 0.720. The third-order valence-corrected chi connectivity index (χ3v) is 2.77. The molecule has 1 unspecified atom stereocenters.